The van der Waals surface area contributed by atoms with Crippen molar-refractivity contribution in [2.24, 2.45) is 0 Å². The highest BCUT2D eigenvalue weighted by Gasteiger charge is 2.43. The molecule has 0 saturated heterocycles. The number of benzene rings is 3. The highest BCUT2D eigenvalue weighted by atomic mass is 16.6. The summed E-state index contributed by atoms with van der Waals surface area (Å²) >= 11 is 0. The molecule has 0 aliphatic heterocycles. The molecule has 0 amide bonds. The number of hydrogen-bond acceptors (Lipinski definition) is 4. The Kier molecular flexibility index (Phi) is 4.99. The van der Waals surface area contributed by atoms with Crippen molar-refractivity contribution in [3.8, 4) is 0 Å². The van der Waals surface area contributed by atoms with Gasteiger partial charge in [0, 0.05) is 22.0 Å². The molecule has 2 atom stereocenters. The molecule has 0 radical (unpaired) electrons. The number of aromatic nitrogens is 1. The number of fused-ring (bicyclic) bond motifs is 2. The summed E-state index contributed by atoms with van der Waals surface area (Å²) in [4.78, 5) is 27.3. The molecule has 0 spiro atoms. The van der Waals surface area contributed by atoms with Crippen LogP contribution in [0.5, 0.6) is 0 Å². The van der Waals surface area contributed by atoms with Gasteiger partial charge in [0.05, 0.1) is 12.5 Å². The third-order valence-electron chi connectivity index (χ3n) is 5.16. The number of nitrogens with zero attached hydrogens (tertiary/aromatic N) is 1. The highest BCUT2D eigenvalue weighted by molar-refractivity contribution is 5.88. The van der Waals surface area contributed by atoms with Crippen molar-refractivity contribution in [1.82, 2.24) is 4.98 Å². The maximum absolute atomic E-state index is 12.6. The summed E-state index contributed by atoms with van der Waals surface area (Å²) in [5, 5.41) is 14.9. The van der Waals surface area contributed by atoms with Crippen molar-refractivity contribution < 1.29 is 14.5 Å². The summed E-state index contributed by atoms with van der Waals surface area (Å²) in [6.07, 6.45) is 1.75. The molecule has 6 heteroatoms. The SMILES string of the molecule is CCOC(=O)C([C@@H](c1ccc2ccccc2c1)c1c[nH]c2ccccc12)[N+](=O)[O-]. The molecule has 146 valence electrons. The minimum absolute atomic E-state index is 0.0848. The summed E-state index contributed by atoms with van der Waals surface area (Å²) in [5.41, 5.74) is 2.26. The Balaban J connectivity index is 1.94. The summed E-state index contributed by atoms with van der Waals surface area (Å²) in [6, 6.07) is 19.5. The van der Waals surface area contributed by atoms with E-state index in [2.05, 4.69) is 4.98 Å². The maximum Gasteiger partial charge on any atom is 0.382 e. The maximum atomic E-state index is 12.6. The second kappa shape index (κ2) is 7.75. The van der Waals surface area contributed by atoms with E-state index in [0.29, 0.717) is 11.1 Å². The smallest absolute Gasteiger partial charge is 0.382 e. The summed E-state index contributed by atoms with van der Waals surface area (Å²) < 4.78 is 5.07. The first-order valence-electron chi connectivity index (χ1n) is 9.45. The van der Waals surface area contributed by atoms with Crippen LogP contribution < -0.4 is 0 Å². The van der Waals surface area contributed by atoms with Gasteiger partial charge in [0.2, 0.25) is 0 Å². The number of carbonyl (C=O) groups is 1. The van der Waals surface area contributed by atoms with Crippen LogP contribution in [0.2, 0.25) is 0 Å². The van der Waals surface area contributed by atoms with Crippen LogP contribution in [-0.2, 0) is 9.53 Å². The van der Waals surface area contributed by atoms with Gasteiger partial charge in [-0.25, -0.2) is 4.79 Å². The Labute approximate surface area is 167 Å². The van der Waals surface area contributed by atoms with Crippen molar-refractivity contribution >= 4 is 27.6 Å². The predicted molar refractivity (Wildman–Crippen MR) is 112 cm³/mol. The highest BCUT2D eigenvalue weighted by Crippen LogP contribution is 2.36. The van der Waals surface area contributed by atoms with Gasteiger partial charge in [-0.15, -0.1) is 0 Å². The molecule has 4 aromatic rings. The van der Waals surface area contributed by atoms with E-state index >= 15 is 0 Å². The Hall–Kier alpha value is -3.67. The van der Waals surface area contributed by atoms with Gasteiger partial charge in [0.15, 0.2) is 0 Å². The lowest BCUT2D eigenvalue weighted by atomic mass is 9.84. The second-order valence-corrected chi connectivity index (χ2v) is 6.86. The van der Waals surface area contributed by atoms with Crippen molar-refractivity contribution in [1.29, 1.82) is 0 Å². The van der Waals surface area contributed by atoms with Crippen molar-refractivity contribution in [2.45, 2.75) is 18.9 Å². The molecule has 3 aromatic carbocycles. The fourth-order valence-electron chi connectivity index (χ4n) is 3.86. The number of nitrogens with one attached hydrogen (secondary N) is 1. The Morgan fingerprint density at radius 1 is 1.07 bits per heavy atom. The van der Waals surface area contributed by atoms with Crippen molar-refractivity contribution in [3.63, 3.8) is 0 Å². The molecule has 6 nitrogen and oxygen atoms in total. The fraction of sp³-hybridized carbons (Fsp3) is 0.174. The molecule has 0 aliphatic rings. The van der Waals surface area contributed by atoms with Crippen LogP contribution in [0.4, 0.5) is 0 Å². The quantitative estimate of drug-likeness (QED) is 0.296. The number of ether oxygens (including phenoxy) is 1. The summed E-state index contributed by atoms with van der Waals surface area (Å²) in [6.45, 7) is 1.73. The lowest BCUT2D eigenvalue weighted by Crippen LogP contribution is -2.37. The third kappa shape index (κ3) is 3.45. The fourth-order valence-corrected chi connectivity index (χ4v) is 3.86. The van der Waals surface area contributed by atoms with E-state index in [0.717, 1.165) is 21.7 Å². The standard InChI is InChI=1S/C23H20N2O4/c1-2-29-23(26)22(25(27)28)21(19-14-24-20-10-6-5-9-18(19)20)17-12-11-15-7-3-4-8-16(15)13-17/h3-14,21-22,24H,2H2,1H3/t21-,22?/m0/s1. The molecular formula is C23H20N2O4. The van der Waals surface area contributed by atoms with Crippen LogP contribution in [0.15, 0.2) is 72.9 Å². The molecular weight excluding hydrogens is 368 g/mol. The lowest BCUT2D eigenvalue weighted by Gasteiger charge is -2.20. The first kappa shape index (κ1) is 18.7. The van der Waals surface area contributed by atoms with Gasteiger partial charge in [-0.3, -0.25) is 10.1 Å². The van der Waals surface area contributed by atoms with Gasteiger partial charge in [-0.2, -0.15) is 0 Å². The Morgan fingerprint density at radius 2 is 1.79 bits per heavy atom. The van der Waals surface area contributed by atoms with Crippen molar-refractivity contribution in [2.75, 3.05) is 6.61 Å². The molecule has 29 heavy (non-hydrogen) atoms. The van der Waals surface area contributed by atoms with E-state index in [-0.39, 0.29) is 6.61 Å². The second-order valence-electron chi connectivity index (χ2n) is 6.86. The van der Waals surface area contributed by atoms with Gasteiger partial charge in [-0.1, -0.05) is 60.7 Å². The normalized spacial score (nSPS) is 13.3. The molecule has 4 rings (SSSR count). The van der Waals surface area contributed by atoms with Crippen LogP contribution >= 0.6 is 0 Å². The zero-order chi connectivity index (χ0) is 20.4. The number of H-pyrrole nitrogens is 1. The minimum atomic E-state index is -1.55. The largest absolute Gasteiger partial charge is 0.461 e. The lowest BCUT2D eigenvalue weighted by molar-refractivity contribution is -0.513. The van der Waals surface area contributed by atoms with E-state index in [1.54, 1.807) is 13.1 Å². The van der Waals surface area contributed by atoms with Gasteiger partial charge < -0.3 is 9.72 Å². The molecule has 0 fully saturated rings. The van der Waals surface area contributed by atoms with E-state index < -0.39 is 22.9 Å². The van der Waals surface area contributed by atoms with Crippen LogP contribution in [-0.4, -0.2) is 28.5 Å². The van der Waals surface area contributed by atoms with Crippen LogP contribution in [0.25, 0.3) is 21.7 Å². The van der Waals surface area contributed by atoms with Gasteiger partial charge >= 0.3 is 12.0 Å². The molecule has 1 aromatic heterocycles. The van der Waals surface area contributed by atoms with E-state index in [1.807, 2.05) is 66.7 Å². The Morgan fingerprint density at radius 3 is 2.55 bits per heavy atom. The average Bonchev–Trinajstić information content (AvgIpc) is 3.15. The zero-order valence-corrected chi connectivity index (χ0v) is 15.9. The number of hydrogen-bond donors (Lipinski definition) is 1. The monoisotopic (exact) mass is 388 g/mol. The number of rotatable bonds is 6. The number of esters is 1. The van der Waals surface area contributed by atoms with Gasteiger partial charge in [-0.05, 0) is 34.9 Å². The molecule has 0 aliphatic carbocycles. The van der Waals surface area contributed by atoms with E-state index in [9.17, 15) is 14.9 Å². The topological polar surface area (TPSA) is 85.2 Å². The van der Waals surface area contributed by atoms with Gasteiger partial charge in [0.1, 0.15) is 0 Å². The molecule has 1 N–H and O–H groups in total. The number of carbonyl (C=O) groups excluding carboxylic acids is 1. The number of nitro groups is 1. The third-order valence-corrected chi connectivity index (χ3v) is 5.16. The van der Waals surface area contributed by atoms with Crippen LogP contribution in [0.3, 0.4) is 0 Å². The van der Waals surface area contributed by atoms with E-state index in [1.165, 1.54) is 0 Å². The summed E-state index contributed by atoms with van der Waals surface area (Å²) in [7, 11) is 0. The van der Waals surface area contributed by atoms with Gasteiger partial charge in [0.25, 0.3) is 0 Å². The predicted octanol–water partition coefficient (Wildman–Crippen LogP) is 4.66. The number of para-hydroxylation sites is 1. The first-order valence-corrected chi connectivity index (χ1v) is 9.45. The average molecular weight is 388 g/mol. The molecule has 1 heterocycles. The summed E-state index contributed by atoms with van der Waals surface area (Å²) in [5.74, 6) is -1.62. The Bertz CT molecular complexity index is 1200. The van der Waals surface area contributed by atoms with E-state index in [4.69, 9.17) is 4.74 Å². The van der Waals surface area contributed by atoms with Crippen molar-refractivity contribution in [3.05, 3.63) is 94.2 Å². The molecule has 0 saturated carbocycles. The first-order chi connectivity index (χ1) is 14.1. The molecule has 1 unspecified atom stereocenters. The van der Waals surface area contributed by atoms with Crippen LogP contribution in [0, 0.1) is 10.1 Å². The minimum Gasteiger partial charge on any atom is -0.461 e. The zero-order valence-electron chi connectivity index (χ0n) is 15.9. The van der Waals surface area contributed by atoms with Crippen LogP contribution in [0.1, 0.15) is 24.0 Å². The molecule has 0 bridgehead atoms. The number of aromatic amines is 1.